The highest BCUT2D eigenvalue weighted by atomic mass is 32.2. The van der Waals surface area contributed by atoms with Crippen molar-refractivity contribution in [3.05, 3.63) is 48.0 Å². The molecule has 4 heteroatoms. The van der Waals surface area contributed by atoms with Gasteiger partial charge in [0, 0.05) is 29.6 Å². The zero-order valence-corrected chi connectivity index (χ0v) is 11.0. The molecule has 0 saturated heterocycles. The van der Waals surface area contributed by atoms with E-state index >= 15 is 0 Å². The number of aromatic nitrogens is 2. The molecule has 0 bridgehead atoms. The number of hydrogen-bond acceptors (Lipinski definition) is 3. The number of carbonyl (C=O) groups excluding carboxylic acids is 1. The molecular weight excluding hydrogens is 244 g/mol. The van der Waals surface area contributed by atoms with Crippen molar-refractivity contribution in [2.45, 2.75) is 24.3 Å². The Morgan fingerprint density at radius 1 is 1.50 bits per heavy atom. The summed E-state index contributed by atoms with van der Waals surface area (Å²) >= 11 is 1.76. The summed E-state index contributed by atoms with van der Waals surface area (Å²) < 4.78 is 1.91. The standard InChI is InChI=1S/C14H14N2OS/c1-2-16-8-7-15-14(16)13(17)11-9-18-12-6-4-3-5-10(11)12/h3-8,11H,2,9H2,1H3. The number of hydrogen-bond donors (Lipinski definition) is 0. The lowest BCUT2D eigenvalue weighted by molar-refractivity contribution is 0.0954. The smallest absolute Gasteiger partial charge is 0.206 e. The van der Waals surface area contributed by atoms with Gasteiger partial charge in [-0.3, -0.25) is 4.79 Å². The van der Waals surface area contributed by atoms with E-state index in [0.717, 1.165) is 17.9 Å². The molecule has 1 unspecified atom stereocenters. The molecule has 0 spiro atoms. The maximum atomic E-state index is 12.6. The average Bonchev–Trinajstić information content (AvgIpc) is 3.04. The molecule has 3 rings (SSSR count). The first kappa shape index (κ1) is 11.5. The van der Waals surface area contributed by atoms with Crippen LogP contribution in [0.4, 0.5) is 0 Å². The molecule has 2 aromatic rings. The maximum absolute atomic E-state index is 12.6. The fourth-order valence-electron chi connectivity index (χ4n) is 2.33. The second-order valence-electron chi connectivity index (χ2n) is 4.30. The molecule has 0 amide bonds. The van der Waals surface area contributed by atoms with Crippen LogP contribution < -0.4 is 0 Å². The first-order valence-electron chi connectivity index (χ1n) is 6.08. The maximum Gasteiger partial charge on any atom is 0.206 e. The Kier molecular flexibility index (Phi) is 2.96. The highest BCUT2D eigenvalue weighted by molar-refractivity contribution is 7.99. The van der Waals surface area contributed by atoms with Crippen LogP contribution in [0.5, 0.6) is 0 Å². The number of rotatable bonds is 3. The van der Waals surface area contributed by atoms with Crippen LogP contribution in [-0.4, -0.2) is 21.1 Å². The summed E-state index contributed by atoms with van der Waals surface area (Å²) in [7, 11) is 0. The second kappa shape index (κ2) is 4.61. The van der Waals surface area contributed by atoms with E-state index in [4.69, 9.17) is 0 Å². The summed E-state index contributed by atoms with van der Waals surface area (Å²) in [5.41, 5.74) is 1.15. The quantitative estimate of drug-likeness (QED) is 0.794. The van der Waals surface area contributed by atoms with Crippen LogP contribution in [0.25, 0.3) is 0 Å². The molecule has 1 aliphatic heterocycles. The van der Waals surface area contributed by atoms with Crippen LogP contribution in [0.3, 0.4) is 0 Å². The van der Waals surface area contributed by atoms with Crippen molar-refractivity contribution in [1.82, 2.24) is 9.55 Å². The van der Waals surface area contributed by atoms with E-state index in [1.165, 1.54) is 4.90 Å². The SMILES string of the molecule is CCn1ccnc1C(=O)C1CSc2ccccc21. The second-order valence-corrected chi connectivity index (χ2v) is 5.36. The molecule has 0 N–H and O–H groups in total. The summed E-state index contributed by atoms with van der Waals surface area (Å²) in [6.07, 6.45) is 3.56. The molecule has 18 heavy (non-hydrogen) atoms. The summed E-state index contributed by atoms with van der Waals surface area (Å²) in [4.78, 5) is 18.0. The fourth-order valence-corrected chi connectivity index (χ4v) is 3.55. The van der Waals surface area contributed by atoms with Crippen LogP contribution in [0.2, 0.25) is 0 Å². The predicted octanol–water partition coefficient (Wildman–Crippen LogP) is 2.98. The van der Waals surface area contributed by atoms with Crippen molar-refractivity contribution in [3.63, 3.8) is 0 Å². The molecule has 1 aromatic carbocycles. The number of nitrogens with zero attached hydrogens (tertiary/aromatic N) is 2. The third kappa shape index (κ3) is 1.77. The first-order valence-corrected chi connectivity index (χ1v) is 7.07. The van der Waals surface area contributed by atoms with Crippen molar-refractivity contribution in [1.29, 1.82) is 0 Å². The van der Waals surface area contributed by atoms with Crippen molar-refractivity contribution in [2.75, 3.05) is 5.75 Å². The van der Waals surface area contributed by atoms with Crippen molar-refractivity contribution in [2.24, 2.45) is 0 Å². The normalized spacial score (nSPS) is 17.7. The Balaban J connectivity index is 1.96. The minimum Gasteiger partial charge on any atom is -0.329 e. The minimum absolute atomic E-state index is 0.0427. The van der Waals surface area contributed by atoms with Crippen LogP contribution >= 0.6 is 11.8 Å². The van der Waals surface area contributed by atoms with Gasteiger partial charge in [0.1, 0.15) is 0 Å². The van der Waals surface area contributed by atoms with E-state index in [2.05, 4.69) is 17.1 Å². The molecule has 1 aromatic heterocycles. The number of imidazole rings is 1. The van der Waals surface area contributed by atoms with Gasteiger partial charge in [0.15, 0.2) is 5.82 Å². The summed E-state index contributed by atoms with van der Waals surface area (Å²) in [5, 5.41) is 0. The van der Waals surface area contributed by atoms with E-state index in [1.807, 2.05) is 29.8 Å². The van der Waals surface area contributed by atoms with Crippen molar-refractivity contribution >= 4 is 17.5 Å². The number of Topliss-reactive ketones (excluding diaryl/α,β-unsaturated/α-hetero) is 1. The molecule has 0 radical (unpaired) electrons. The van der Waals surface area contributed by atoms with Gasteiger partial charge >= 0.3 is 0 Å². The van der Waals surface area contributed by atoms with Gasteiger partial charge in [-0.1, -0.05) is 18.2 Å². The number of thioether (sulfide) groups is 1. The summed E-state index contributed by atoms with van der Waals surface area (Å²) in [6.45, 7) is 2.80. The third-order valence-corrected chi connectivity index (χ3v) is 4.48. The van der Waals surface area contributed by atoms with Gasteiger partial charge in [-0.2, -0.15) is 0 Å². The van der Waals surface area contributed by atoms with Gasteiger partial charge in [0.25, 0.3) is 0 Å². The Hall–Kier alpha value is -1.55. The topological polar surface area (TPSA) is 34.9 Å². The Morgan fingerprint density at radius 2 is 2.33 bits per heavy atom. The van der Waals surface area contributed by atoms with E-state index in [-0.39, 0.29) is 11.7 Å². The molecule has 2 heterocycles. The van der Waals surface area contributed by atoms with Gasteiger partial charge in [0.05, 0.1) is 5.92 Å². The Bertz CT molecular complexity index is 591. The predicted molar refractivity (Wildman–Crippen MR) is 72.1 cm³/mol. The Labute approximate surface area is 110 Å². The van der Waals surface area contributed by atoms with Crippen molar-refractivity contribution in [3.8, 4) is 0 Å². The summed E-state index contributed by atoms with van der Waals surface area (Å²) in [6, 6.07) is 8.15. The van der Waals surface area contributed by atoms with Gasteiger partial charge in [-0.25, -0.2) is 4.98 Å². The van der Waals surface area contributed by atoms with Crippen LogP contribution in [-0.2, 0) is 6.54 Å². The molecule has 3 nitrogen and oxygen atoms in total. The van der Waals surface area contributed by atoms with Gasteiger partial charge in [-0.15, -0.1) is 11.8 Å². The van der Waals surface area contributed by atoms with Crippen LogP contribution in [0.15, 0.2) is 41.6 Å². The molecule has 0 saturated carbocycles. The first-order chi connectivity index (χ1) is 8.81. The van der Waals surface area contributed by atoms with Gasteiger partial charge in [-0.05, 0) is 18.6 Å². The number of carbonyl (C=O) groups is 1. The Morgan fingerprint density at radius 3 is 3.17 bits per heavy atom. The number of aryl methyl sites for hydroxylation is 1. The highest BCUT2D eigenvalue weighted by Gasteiger charge is 2.31. The average molecular weight is 258 g/mol. The largest absolute Gasteiger partial charge is 0.329 e. The zero-order valence-electron chi connectivity index (χ0n) is 10.2. The lowest BCUT2D eigenvalue weighted by Gasteiger charge is -2.10. The molecule has 0 aliphatic carbocycles. The minimum atomic E-state index is -0.0427. The van der Waals surface area contributed by atoms with E-state index in [9.17, 15) is 4.79 Å². The lowest BCUT2D eigenvalue weighted by atomic mass is 9.96. The fraction of sp³-hybridized carbons (Fsp3) is 0.286. The zero-order chi connectivity index (χ0) is 12.5. The van der Waals surface area contributed by atoms with Crippen LogP contribution in [0, 0.1) is 0 Å². The number of ketones is 1. The highest BCUT2D eigenvalue weighted by Crippen LogP contribution is 2.40. The third-order valence-electron chi connectivity index (χ3n) is 3.29. The molecular formula is C14H14N2OS. The van der Waals surface area contributed by atoms with E-state index in [1.54, 1.807) is 18.0 Å². The molecule has 1 atom stereocenters. The number of benzene rings is 1. The van der Waals surface area contributed by atoms with E-state index < -0.39 is 0 Å². The lowest BCUT2D eigenvalue weighted by Crippen LogP contribution is -2.17. The van der Waals surface area contributed by atoms with E-state index in [0.29, 0.717) is 5.82 Å². The van der Waals surface area contributed by atoms with Gasteiger partial charge in [0.2, 0.25) is 5.78 Å². The van der Waals surface area contributed by atoms with Gasteiger partial charge < -0.3 is 4.57 Å². The number of fused-ring (bicyclic) bond motifs is 1. The van der Waals surface area contributed by atoms with Crippen LogP contribution in [0.1, 0.15) is 29.0 Å². The monoisotopic (exact) mass is 258 g/mol. The molecule has 0 fully saturated rings. The molecule has 1 aliphatic rings. The van der Waals surface area contributed by atoms with Crippen molar-refractivity contribution < 1.29 is 4.79 Å². The summed E-state index contributed by atoms with van der Waals surface area (Å²) in [5.74, 6) is 1.51. The molecule has 92 valence electrons.